The van der Waals surface area contributed by atoms with Gasteiger partial charge in [0.15, 0.2) is 11.5 Å². The monoisotopic (exact) mass is 271 g/mol. The van der Waals surface area contributed by atoms with Crippen LogP contribution in [0.2, 0.25) is 0 Å². The molecule has 1 aliphatic rings. The predicted octanol–water partition coefficient (Wildman–Crippen LogP) is 3.33. The summed E-state index contributed by atoms with van der Waals surface area (Å²) in [5.41, 5.74) is 1.24. The molecule has 0 aromatic heterocycles. The maximum absolute atomic E-state index is 12.3. The van der Waals surface area contributed by atoms with Crippen molar-refractivity contribution < 1.29 is 18.3 Å². The standard InChI is InChI=1S/C14H19F2NO2/c1-3-18-12-8-10(9-17-14(2)6-7-14)4-5-11(12)19-13(15)16/h4-5,8,13,17H,3,6-7,9H2,1-2H3. The van der Waals surface area contributed by atoms with E-state index in [0.717, 1.165) is 5.56 Å². The number of ether oxygens (including phenoxy) is 2. The van der Waals surface area contributed by atoms with Crippen molar-refractivity contribution in [3.63, 3.8) is 0 Å². The van der Waals surface area contributed by atoms with Gasteiger partial charge in [0, 0.05) is 12.1 Å². The van der Waals surface area contributed by atoms with Gasteiger partial charge in [0.1, 0.15) is 0 Å². The van der Waals surface area contributed by atoms with Gasteiger partial charge in [-0.3, -0.25) is 0 Å². The Labute approximate surface area is 111 Å². The molecule has 0 aliphatic heterocycles. The maximum atomic E-state index is 12.3. The highest BCUT2D eigenvalue weighted by Gasteiger charge is 2.36. The van der Waals surface area contributed by atoms with Crippen LogP contribution in [0, 0.1) is 0 Å². The summed E-state index contributed by atoms with van der Waals surface area (Å²) in [6.07, 6.45) is 2.36. The summed E-state index contributed by atoms with van der Waals surface area (Å²) in [5, 5.41) is 3.43. The molecule has 19 heavy (non-hydrogen) atoms. The molecule has 0 amide bonds. The number of rotatable bonds is 7. The van der Waals surface area contributed by atoms with Crippen LogP contribution in [0.4, 0.5) is 8.78 Å². The van der Waals surface area contributed by atoms with Crippen LogP contribution in [-0.2, 0) is 6.54 Å². The third-order valence-electron chi connectivity index (χ3n) is 3.24. The molecule has 0 unspecified atom stereocenters. The molecule has 0 bridgehead atoms. The fourth-order valence-electron chi connectivity index (χ4n) is 1.80. The van der Waals surface area contributed by atoms with Gasteiger partial charge in [-0.05, 0) is 44.4 Å². The fraction of sp³-hybridized carbons (Fsp3) is 0.571. The first-order valence-corrected chi connectivity index (χ1v) is 6.48. The van der Waals surface area contributed by atoms with Gasteiger partial charge in [-0.25, -0.2) is 0 Å². The number of hydrogen-bond donors (Lipinski definition) is 1. The summed E-state index contributed by atoms with van der Waals surface area (Å²) < 4.78 is 34.3. The Morgan fingerprint density at radius 1 is 1.32 bits per heavy atom. The molecule has 106 valence electrons. The zero-order chi connectivity index (χ0) is 13.9. The van der Waals surface area contributed by atoms with Crippen molar-refractivity contribution in [3.05, 3.63) is 23.8 Å². The molecule has 5 heteroatoms. The van der Waals surface area contributed by atoms with E-state index in [-0.39, 0.29) is 11.3 Å². The summed E-state index contributed by atoms with van der Waals surface area (Å²) in [6, 6.07) is 5.06. The molecule has 1 aromatic carbocycles. The highest BCUT2D eigenvalue weighted by Crippen LogP contribution is 2.35. The van der Waals surface area contributed by atoms with Crippen LogP contribution < -0.4 is 14.8 Å². The number of hydrogen-bond acceptors (Lipinski definition) is 3. The third kappa shape index (κ3) is 4.06. The van der Waals surface area contributed by atoms with Crippen LogP contribution in [0.25, 0.3) is 0 Å². The van der Waals surface area contributed by atoms with Crippen LogP contribution in [0.1, 0.15) is 32.3 Å². The van der Waals surface area contributed by atoms with Gasteiger partial charge in [0.2, 0.25) is 0 Å². The number of alkyl halides is 2. The smallest absolute Gasteiger partial charge is 0.387 e. The SMILES string of the molecule is CCOc1cc(CNC2(C)CC2)ccc1OC(F)F. The molecule has 0 radical (unpaired) electrons. The van der Waals surface area contributed by atoms with E-state index in [1.807, 2.05) is 6.92 Å². The predicted molar refractivity (Wildman–Crippen MR) is 68.7 cm³/mol. The molecule has 1 fully saturated rings. The second-order valence-corrected chi connectivity index (χ2v) is 5.01. The first kappa shape index (κ1) is 14.1. The fourth-order valence-corrected chi connectivity index (χ4v) is 1.80. The van der Waals surface area contributed by atoms with Crippen molar-refractivity contribution in [1.82, 2.24) is 5.32 Å². The summed E-state index contributed by atoms with van der Waals surface area (Å²) in [6.45, 7) is 2.25. The summed E-state index contributed by atoms with van der Waals surface area (Å²) in [7, 11) is 0. The van der Waals surface area contributed by atoms with Gasteiger partial charge in [-0.2, -0.15) is 8.78 Å². The topological polar surface area (TPSA) is 30.5 Å². The van der Waals surface area contributed by atoms with Crippen molar-refractivity contribution >= 4 is 0 Å². The highest BCUT2D eigenvalue weighted by atomic mass is 19.3. The molecule has 1 aromatic rings. The summed E-state index contributed by atoms with van der Waals surface area (Å²) in [5.74, 6) is 0.446. The van der Waals surface area contributed by atoms with E-state index in [9.17, 15) is 8.78 Å². The number of benzene rings is 1. The first-order valence-electron chi connectivity index (χ1n) is 6.48. The number of nitrogens with one attached hydrogen (secondary N) is 1. The van der Waals surface area contributed by atoms with E-state index in [1.165, 1.54) is 18.9 Å². The van der Waals surface area contributed by atoms with Crippen molar-refractivity contribution in [2.24, 2.45) is 0 Å². The van der Waals surface area contributed by atoms with Gasteiger partial charge in [0.05, 0.1) is 6.61 Å². The maximum Gasteiger partial charge on any atom is 0.387 e. The van der Waals surface area contributed by atoms with E-state index in [2.05, 4.69) is 17.0 Å². The molecule has 0 heterocycles. The van der Waals surface area contributed by atoms with Crippen molar-refractivity contribution in [2.45, 2.75) is 45.4 Å². The molecule has 0 spiro atoms. The van der Waals surface area contributed by atoms with Gasteiger partial charge < -0.3 is 14.8 Å². The highest BCUT2D eigenvalue weighted by molar-refractivity contribution is 5.43. The van der Waals surface area contributed by atoms with Gasteiger partial charge in [-0.15, -0.1) is 0 Å². The third-order valence-corrected chi connectivity index (χ3v) is 3.24. The van der Waals surface area contributed by atoms with Crippen LogP contribution >= 0.6 is 0 Å². The molecule has 1 aliphatic carbocycles. The Hall–Kier alpha value is -1.36. The Balaban J connectivity index is 2.05. The Bertz CT molecular complexity index is 433. The Morgan fingerprint density at radius 2 is 2.05 bits per heavy atom. The van der Waals surface area contributed by atoms with E-state index in [1.54, 1.807) is 12.1 Å². The Morgan fingerprint density at radius 3 is 2.63 bits per heavy atom. The second kappa shape index (κ2) is 5.74. The molecular formula is C14H19F2NO2. The van der Waals surface area contributed by atoms with Crippen LogP contribution in [0.15, 0.2) is 18.2 Å². The lowest BCUT2D eigenvalue weighted by Gasteiger charge is -2.15. The summed E-state index contributed by atoms with van der Waals surface area (Å²) in [4.78, 5) is 0. The van der Waals surface area contributed by atoms with Crippen LogP contribution in [0.5, 0.6) is 11.5 Å². The lowest BCUT2D eigenvalue weighted by molar-refractivity contribution is -0.0514. The zero-order valence-corrected chi connectivity index (χ0v) is 11.2. The van der Waals surface area contributed by atoms with Crippen molar-refractivity contribution in [3.8, 4) is 11.5 Å². The van der Waals surface area contributed by atoms with Gasteiger partial charge in [-0.1, -0.05) is 6.07 Å². The summed E-state index contributed by atoms with van der Waals surface area (Å²) >= 11 is 0. The van der Waals surface area contributed by atoms with E-state index < -0.39 is 6.61 Å². The molecule has 0 atom stereocenters. The Kier molecular flexibility index (Phi) is 4.24. The molecule has 3 nitrogen and oxygen atoms in total. The van der Waals surface area contributed by atoms with Crippen molar-refractivity contribution in [1.29, 1.82) is 0 Å². The van der Waals surface area contributed by atoms with E-state index in [0.29, 0.717) is 18.9 Å². The molecule has 1 saturated carbocycles. The normalized spacial score (nSPS) is 16.5. The quantitative estimate of drug-likeness (QED) is 0.825. The lowest BCUT2D eigenvalue weighted by atomic mass is 10.2. The molecule has 0 saturated heterocycles. The minimum absolute atomic E-state index is 0.0817. The molecule has 2 rings (SSSR count). The van der Waals surface area contributed by atoms with Crippen LogP contribution in [0.3, 0.4) is 0 Å². The largest absolute Gasteiger partial charge is 0.490 e. The molecular weight excluding hydrogens is 252 g/mol. The second-order valence-electron chi connectivity index (χ2n) is 5.01. The minimum Gasteiger partial charge on any atom is -0.490 e. The van der Waals surface area contributed by atoms with Gasteiger partial charge >= 0.3 is 6.61 Å². The van der Waals surface area contributed by atoms with E-state index in [4.69, 9.17) is 4.74 Å². The average molecular weight is 271 g/mol. The van der Waals surface area contributed by atoms with E-state index >= 15 is 0 Å². The first-order chi connectivity index (χ1) is 9.02. The molecule has 1 N–H and O–H groups in total. The zero-order valence-electron chi connectivity index (χ0n) is 11.2. The van der Waals surface area contributed by atoms with Gasteiger partial charge in [0.25, 0.3) is 0 Å². The lowest BCUT2D eigenvalue weighted by Crippen LogP contribution is -2.26. The average Bonchev–Trinajstić information content (AvgIpc) is 3.08. The van der Waals surface area contributed by atoms with Crippen molar-refractivity contribution in [2.75, 3.05) is 6.61 Å². The minimum atomic E-state index is -2.84. The van der Waals surface area contributed by atoms with Crippen LogP contribution in [-0.4, -0.2) is 18.8 Å². The number of halogens is 2.